The number of imide groups is 1. The number of nitrogens with zero attached hydrogens (tertiary/aromatic N) is 2. The van der Waals surface area contributed by atoms with Gasteiger partial charge in [0.25, 0.3) is 11.8 Å². The molecule has 3 aromatic rings. The lowest BCUT2D eigenvalue weighted by Gasteiger charge is -2.05. The summed E-state index contributed by atoms with van der Waals surface area (Å²) in [6, 6.07) is 3.46. The number of aryl methyl sites for hydroxylation is 2. The summed E-state index contributed by atoms with van der Waals surface area (Å²) in [5.41, 5.74) is 2.57. The molecule has 27 heavy (non-hydrogen) atoms. The van der Waals surface area contributed by atoms with Gasteiger partial charge in [0.05, 0.1) is 16.9 Å². The van der Waals surface area contributed by atoms with Gasteiger partial charge in [0, 0.05) is 5.69 Å². The number of alkyl carbamates (subject to hydrolysis) is 1. The molecule has 0 unspecified atom stereocenters. The topological polar surface area (TPSA) is 110 Å². The van der Waals surface area contributed by atoms with E-state index < -0.39 is 17.9 Å². The number of aromatic nitrogens is 2. The molecule has 3 heterocycles. The van der Waals surface area contributed by atoms with Gasteiger partial charge in [-0.3, -0.25) is 14.9 Å². The van der Waals surface area contributed by atoms with Crippen LogP contribution in [-0.4, -0.2) is 34.5 Å². The molecule has 2 N–H and O–H groups in total. The molecule has 3 amide bonds. The second-order valence-corrected chi connectivity index (χ2v) is 7.47. The first-order valence-electron chi connectivity index (χ1n) is 8.00. The Bertz CT molecular complexity index is 1000. The molecule has 3 rings (SSSR count). The van der Waals surface area contributed by atoms with Crippen molar-refractivity contribution in [3.63, 3.8) is 0 Å². The average molecular weight is 404 g/mol. The maximum atomic E-state index is 12.5. The van der Waals surface area contributed by atoms with E-state index >= 15 is 0 Å². The third kappa shape index (κ3) is 4.12. The number of nitrogens with one attached hydrogen (secondary N) is 2. The van der Waals surface area contributed by atoms with E-state index in [9.17, 15) is 14.4 Å². The van der Waals surface area contributed by atoms with E-state index in [1.807, 2.05) is 19.9 Å². The number of hydrogen-bond donors (Lipinski definition) is 2. The Hall–Kier alpha value is -2.85. The Labute approximate surface area is 162 Å². The van der Waals surface area contributed by atoms with Crippen LogP contribution >= 0.6 is 22.7 Å². The zero-order valence-corrected chi connectivity index (χ0v) is 16.4. The van der Waals surface area contributed by atoms with Crippen LogP contribution in [0.4, 0.5) is 9.80 Å². The lowest BCUT2D eigenvalue weighted by Crippen LogP contribution is -2.31. The number of thiazole rings is 1. The van der Waals surface area contributed by atoms with Crippen molar-refractivity contribution in [2.75, 3.05) is 11.9 Å². The second kappa shape index (κ2) is 7.80. The molecule has 0 aliphatic carbocycles. The Morgan fingerprint density at radius 1 is 1.19 bits per heavy atom. The van der Waals surface area contributed by atoms with Crippen molar-refractivity contribution in [2.45, 2.75) is 20.8 Å². The zero-order chi connectivity index (χ0) is 19.6. The summed E-state index contributed by atoms with van der Waals surface area (Å²) < 4.78 is 5.50. The predicted molar refractivity (Wildman–Crippen MR) is 104 cm³/mol. The summed E-state index contributed by atoms with van der Waals surface area (Å²) in [7, 11) is 0. The van der Waals surface area contributed by atoms with E-state index in [1.54, 1.807) is 12.3 Å². The quantitative estimate of drug-likeness (QED) is 0.688. The van der Waals surface area contributed by atoms with Gasteiger partial charge in [0.15, 0.2) is 10.7 Å². The summed E-state index contributed by atoms with van der Waals surface area (Å²) in [4.78, 5) is 44.8. The Morgan fingerprint density at radius 3 is 2.70 bits per heavy atom. The van der Waals surface area contributed by atoms with Crippen molar-refractivity contribution in [1.29, 1.82) is 0 Å². The Balaban J connectivity index is 1.78. The Morgan fingerprint density at radius 2 is 1.96 bits per heavy atom. The summed E-state index contributed by atoms with van der Waals surface area (Å²) in [6.07, 6.45) is -0.839. The average Bonchev–Trinajstić information content (AvgIpc) is 3.22. The van der Waals surface area contributed by atoms with Gasteiger partial charge >= 0.3 is 6.09 Å². The zero-order valence-electron chi connectivity index (χ0n) is 14.8. The number of hydrogen-bond acceptors (Lipinski definition) is 8. The highest BCUT2D eigenvalue weighted by Gasteiger charge is 2.20. The summed E-state index contributed by atoms with van der Waals surface area (Å²) in [5, 5.41) is 6.98. The number of amides is 3. The molecule has 0 saturated carbocycles. The predicted octanol–water partition coefficient (Wildman–Crippen LogP) is 3.51. The van der Waals surface area contributed by atoms with Gasteiger partial charge < -0.3 is 10.1 Å². The van der Waals surface area contributed by atoms with E-state index in [1.165, 1.54) is 28.7 Å². The fraction of sp³-hybridized carbons (Fsp3) is 0.235. The minimum atomic E-state index is -0.839. The second-order valence-electron chi connectivity index (χ2n) is 5.52. The van der Waals surface area contributed by atoms with Crippen molar-refractivity contribution in [3.05, 3.63) is 39.3 Å². The molecule has 0 fully saturated rings. The van der Waals surface area contributed by atoms with Crippen LogP contribution in [0.3, 0.4) is 0 Å². The van der Waals surface area contributed by atoms with E-state index in [4.69, 9.17) is 0 Å². The molecular formula is C17H16N4O4S2. The van der Waals surface area contributed by atoms with Crippen LogP contribution in [-0.2, 0) is 4.74 Å². The first-order chi connectivity index (χ1) is 12.9. The number of pyridine rings is 1. The highest BCUT2D eigenvalue weighted by Crippen LogP contribution is 2.27. The van der Waals surface area contributed by atoms with Crippen molar-refractivity contribution in [3.8, 4) is 0 Å². The minimum Gasteiger partial charge on any atom is -0.450 e. The monoisotopic (exact) mass is 404 g/mol. The van der Waals surface area contributed by atoms with Gasteiger partial charge in [0.1, 0.15) is 5.00 Å². The fourth-order valence-electron chi connectivity index (χ4n) is 2.21. The number of thiophene rings is 1. The number of rotatable bonds is 4. The van der Waals surface area contributed by atoms with Gasteiger partial charge in [-0.15, -0.1) is 22.7 Å². The van der Waals surface area contributed by atoms with Crippen LogP contribution in [0.1, 0.15) is 38.3 Å². The minimum absolute atomic E-state index is 0.150. The molecule has 0 aliphatic heterocycles. The fourth-order valence-corrected chi connectivity index (χ4v) is 3.89. The molecule has 0 aliphatic rings. The van der Waals surface area contributed by atoms with Gasteiger partial charge in [-0.1, -0.05) is 0 Å². The largest absolute Gasteiger partial charge is 0.450 e. The molecule has 140 valence electrons. The molecule has 0 spiro atoms. The number of carbonyl (C=O) groups excluding carboxylic acids is 3. The first-order valence-corrected chi connectivity index (χ1v) is 9.70. The lowest BCUT2D eigenvalue weighted by molar-refractivity contribution is 0.0926. The van der Waals surface area contributed by atoms with E-state index in [0.717, 1.165) is 16.0 Å². The maximum absolute atomic E-state index is 12.5. The van der Waals surface area contributed by atoms with Crippen LogP contribution < -0.4 is 10.6 Å². The molecule has 0 bridgehead atoms. The van der Waals surface area contributed by atoms with Crippen molar-refractivity contribution >= 4 is 55.9 Å². The van der Waals surface area contributed by atoms with Crippen molar-refractivity contribution in [1.82, 2.24) is 15.3 Å². The number of carbonyl (C=O) groups is 3. The molecule has 0 radical (unpaired) electrons. The highest BCUT2D eigenvalue weighted by molar-refractivity contribution is 7.20. The molecule has 0 saturated heterocycles. The lowest BCUT2D eigenvalue weighted by atomic mass is 10.2. The van der Waals surface area contributed by atoms with Crippen LogP contribution in [0.2, 0.25) is 0 Å². The van der Waals surface area contributed by atoms with Gasteiger partial charge in [0.2, 0.25) is 0 Å². The van der Waals surface area contributed by atoms with Gasteiger partial charge in [-0.05, 0) is 43.8 Å². The number of fused-ring (bicyclic) bond motifs is 1. The van der Waals surface area contributed by atoms with E-state index in [0.29, 0.717) is 10.6 Å². The molecule has 3 aromatic heterocycles. The molecule has 10 heteroatoms. The first kappa shape index (κ1) is 18.9. The summed E-state index contributed by atoms with van der Waals surface area (Å²) in [5.74, 6) is -1.09. The Kier molecular flexibility index (Phi) is 5.47. The molecular weight excluding hydrogens is 388 g/mol. The van der Waals surface area contributed by atoms with Gasteiger partial charge in [-0.25, -0.2) is 14.8 Å². The van der Waals surface area contributed by atoms with Gasteiger partial charge in [-0.2, -0.15) is 0 Å². The third-order valence-electron chi connectivity index (χ3n) is 3.65. The molecule has 0 aromatic carbocycles. The van der Waals surface area contributed by atoms with Crippen molar-refractivity contribution < 1.29 is 19.1 Å². The van der Waals surface area contributed by atoms with E-state index in [2.05, 4.69) is 25.3 Å². The number of anilines is 1. The smallest absolute Gasteiger partial charge is 0.414 e. The van der Waals surface area contributed by atoms with Crippen LogP contribution in [0, 0.1) is 13.8 Å². The van der Waals surface area contributed by atoms with E-state index in [-0.39, 0.29) is 17.2 Å². The van der Waals surface area contributed by atoms with Crippen LogP contribution in [0.25, 0.3) is 10.3 Å². The van der Waals surface area contributed by atoms with Crippen LogP contribution in [0.15, 0.2) is 17.5 Å². The van der Waals surface area contributed by atoms with Crippen LogP contribution in [0.5, 0.6) is 0 Å². The summed E-state index contributed by atoms with van der Waals surface area (Å²) >= 11 is 2.40. The third-order valence-corrected chi connectivity index (χ3v) is 5.47. The standard InChI is InChI=1S/C17H16N4O4S2/c1-4-25-17(24)21-13(22)10-5-6-26-15(10)20-14(23)16-19-12-11(27-16)7-8(2)9(3)18-12/h5-7H,4H2,1-3H3,(H,20,23)(H,21,22,24). The summed E-state index contributed by atoms with van der Waals surface area (Å²) in [6.45, 7) is 5.61. The maximum Gasteiger partial charge on any atom is 0.414 e. The van der Waals surface area contributed by atoms with Crippen molar-refractivity contribution in [2.24, 2.45) is 0 Å². The highest BCUT2D eigenvalue weighted by atomic mass is 32.1. The molecule has 0 atom stereocenters. The SMILES string of the molecule is CCOC(=O)NC(=O)c1ccsc1NC(=O)c1nc2nc(C)c(C)cc2s1. The molecule has 8 nitrogen and oxygen atoms in total. The normalized spacial score (nSPS) is 10.6. The number of ether oxygens (including phenoxy) is 1.